The van der Waals surface area contributed by atoms with Gasteiger partial charge in [-0.3, -0.25) is 19.3 Å². The monoisotopic (exact) mass is 457 g/mol. The van der Waals surface area contributed by atoms with Crippen molar-refractivity contribution in [2.24, 2.45) is 5.16 Å². The van der Waals surface area contributed by atoms with Gasteiger partial charge in [0.25, 0.3) is 11.8 Å². The molecule has 156 valence electrons. The van der Waals surface area contributed by atoms with Gasteiger partial charge in [-0.25, -0.2) is 4.98 Å². The van der Waals surface area contributed by atoms with Crippen molar-refractivity contribution < 1.29 is 19.2 Å². The van der Waals surface area contributed by atoms with Gasteiger partial charge in [0, 0.05) is 16.8 Å². The van der Waals surface area contributed by atoms with Gasteiger partial charge in [-0.15, -0.1) is 34.7 Å². The molecule has 2 N–H and O–H groups in total. The molecule has 0 bridgehead atoms. The summed E-state index contributed by atoms with van der Waals surface area (Å²) in [5.41, 5.74) is 2.35. The number of halogens is 1. The van der Waals surface area contributed by atoms with Gasteiger partial charge >= 0.3 is 0 Å². The molecular weight excluding hydrogens is 438 g/mol. The Kier molecular flexibility index (Phi) is 6.81. The molecule has 3 amide bonds. The minimum absolute atomic E-state index is 0.0799. The van der Waals surface area contributed by atoms with Gasteiger partial charge in [0.15, 0.2) is 10.8 Å². The maximum absolute atomic E-state index is 12.8. The first-order valence-corrected chi connectivity index (χ1v) is 11.2. The first-order valence-electron chi connectivity index (χ1n) is 8.78. The van der Waals surface area contributed by atoms with E-state index in [0.29, 0.717) is 0 Å². The van der Waals surface area contributed by atoms with E-state index in [-0.39, 0.29) is 33.7 Å². The highest BCUT2D eigenvalue weighted by Crippen LogP contribution is 2.40. The molecule has 9 nitrogen and oxygen atoms in total. The van der Waals surface area contributed by atoms with Gasteiger partial charge in [0.05, 0.1) is 0 Å². The molecule has 3 heterocycles. The van der Waals surface area contributed by atoms with Crippen LogP contribution in [0, 0.1) is 0 Å². The molecule has 0 aromatic carbocycles. The summed E-state index contributed by atoms with van der Waals surface area (Å²) in [6, 6.07) is -0.642. The number of thiazole rings is 1. The Morgan fingerprint density at radius 1 is 1.48 bits per heavy atom. The molecule has 3 rings (SSSR count). The van der Waals surface area contributed by atoms with Crippen LogP contribution in [0.2, 0.25) is 0 Å². The number of aromatic nitrogens is 1. The van der Waals surface area contributed by atoms with Crippen LogP contribution < -0.4 is 10.6 Å². The number of hydrogen-bond acceptors (Lipinski definition) is 8. The molecule has 1 aromatic rings. The summed E-state index contributed by atoms with van der Waals surface area (Å²) < 4.78 is 0. The quantitative estimate of drug-likeness (QED) is 0.279. The molecule has 29 heavy (non-hydrogen) atoms. The van der Waals surface area contributed by atoms with E-state index in [2.05, 4.69) is 27.7 Å². The number of amides is 3. The Morgan fingerprint density at radius 2 is 2.24 bits per heavy atom. The van der Waals surface area contributed by atoms with Crippen molar-refractivity contribution in [3.05, 3.63) is 22.3 Å². The minimum atomic E-state index is -0.642. The van der Waals surface area contributed by atoms with Crippen LogP contribution in [0.25, 0.3) is 0 Å². The van der Waals surface area contributed by atoms with Crippen molar-refractivity contribution >= 4 is 63.3 Å². The Bertz CT molecular complexity index is 900. The highest BCUT2D eigenvalue weighted by molar-refractivity contribution is 8.00. The number of nitrogens with one attached hydrogen (secondary N) is 2. The predicted molar refractivity (Wildman–Crippen MR) is 113 cm³/mol. The van der Waals surface area contributed by atoms with Crippen LogP contribution in [0.15, 0.2) is 21.8 Å². The zero-order valence-electron chi connectivity index (χ0n) is 16.0. The van der Waals surface area contributed by atoms with Crippen LogP contribution >= 0.6 is 34.7 Å². The number of carbonyl (C=O) groups excluding carboxylic acids is 3. The van der Waals surface area contributed by atoms with Crippen LogP contribution in [-0.2, 0) is 19.2 Å². The van der Waals surface area contributed by atoms with Crippen molar-refractivity contribution in [1.82, 2.24) is 15.2 Å². The zero-order valence-corrected chi connectivity index (χ0v) is 18.4. The number of β-lactam (4-membered cyclic amide) rings is 1. The van der Waals surface area contributed by atoms with E-state index in [1.807, 2.05) is 6.92 Å². The highest BCUT2D eigenvalue weighted by atomic mass is 35.5. The van der Waals surface area contributed by atoms with Crippen molar-refractivity contribution in [2.45, 2.75) is 31.7 Å². The number of anilines is 1. The number of allylic oxidation sites excluding steroid dienone is 1. The summed E-state index contributed by atoms with van der Waals surface area (Å²) in [6.07, 6.45) is 0.892. The fourth-order valence-corrected chi connectivity index (χ4v) is 5.39. The molecule has 1 aromatic heterocycles. The predicted octanol–water partition coefficient (Wildman–Crippen LogP) is 1.75. The summed E-state index contributed by atoms with van der Waals surface area (Å²) in [5, 5.41) is 10.7. The largest absolute Gasteiger partial charge is 0.398 e. The van der Waals surface area contributed by atoms with Crippen molar-refractivity contribution in [2.75, 3.05) is 24.1 Å². The van der Waals surface area contributed by atoms with Gasteiger partial charge in [-0.05, 0) is 18.9 Å². The second kappa shape index (κ2) is 9.14. The van der Waals surface area contributed by atoms with E-state index in [4.69, 9.17) is 16.4 Å². The Hall–Kier alpha value is -2.11. The standard InChI is InChI=1S/C17H20ClN5O4S2/c1-4-9-6-28-16-13(15(26)23(16)8(9)2)21-14(25)12(22-27-3)10-7-29-17(19-10)20-11(24)5-18/h7,13,16H,4-6H2,1-3H3,(H,21,25)(H,19,20,24)/b22-12-. The first-order chi connectivity index (χ1) is 13.9. The van der Waals surface area contributed by atoms with Crippen LogP contribution in [0.4, 0.5) is 5.13 Å². The summed E-state index contributed by atoms with van der Waals surface area (Å²) in [6.45, 7) is 4.00. The van der Waals surface area contributed by atoms with Crippen molar-refractivity contribution in [3.63, 3.8) is 0 Å². The number of fused-ring (bicyclic) bond motifs is 1. The second-order valence-electron chi connectivity index (χ2n) is 6.25. The summed E-state index contributed by atoms with van der Waals surface area (Å²) in [7, 11) is 1.31. The maximum Gasteiger partial charge on any atom is 0.276 e. The number of hydrogen-bond donors (Lipinski definition) is 2. The lowest BCUT2D eigenvalue weighted by Crippen LogP contribution is -2.70. The lowest BCUT2D eigenvalue weighted by Gasteiger charge is -2.50. The summed E-state index contributed by atoms with van der Waals surface area (Å²) in [4.78, 5) is 47.5. The Balaban J connectivity index is 1.72. The number of rotatable bonds is 7. The zero-order chi connectivity index (χ0) is 21.1. The minimum Gasteiger partial charge on any atom is -0.398 e. The SMILES string of the molecule is CCC1=C(C)N2C(=O)C(NC(=O)/C(=N\OC)c3csc(NC(=O)CCl)n3)C2SC1. The Morgan fingerprint density at radius 3 is 2.90 bits per heavy atom. The van der Waals surface area contributed by atoms with E-state index in [9.17, 15) is 14.4 Å². The number of thioether (sulfide) groups is 1. The van der Waals surface area contributed by atoms with Crippen molar-refractivity contribution in [3.8, 4) is 0 Å². The average Bonchev–Trinajstić information content (AvgIpc) is 3.17. The van der Waals surface area contributed by atoms with Gasteiger partial charge in [-0.1, -0.05) is 12.1 Å². The number of carbonyl (C=O) groups is 3. The molecule has 2 aliphatic heterocycles. The third kappa shape index (κ3) is 4.26. The van der Waals surface area contributed by atoms with Gasteiger partial charge in [0.2, 0.25) is 5.91 Å². The molecule has 2 unspecified atom stereocenters. The third-order valence-electron chi connectivity index (χ3n) is 4.57. The van der Waals surface area contributed by atoms with E-state index in [1.165, 1.54) is 12.7 Å². The van der Waals surface area contributed by atoms with Gasteiger partial charge in [0.1, 0.15) is 30.1 Å². The maximum atomic E-state index is 12.8. The topological polar surface area (TPSA) is 113 Å². The number of nitrogens with zero attached hydrogens (tertiary/aromatic N) is 3. The second-order valence-corrected chi connectivity index (χ2v) is 8.48. The van der Waals surface area contributed by atoms with E-state index in [0.717, 1.165) is 29.2 Å². The smallest absolute Gasteiger partial charge is 0.276 e. The lowest BCUT2D eigenvalue weighted by atomic mass is 10.0. The van der Waals surface area contributed by atoms with E-state index < -0.39 is 17.9 Å². The molecular formula is C17H20ClN5O4S2. The molecule has 0 saturated carbocycles. The van der Waals surface area contributed by atoms with Crippen LogP contribution in [-0.4, -0.2) is 63.5 Å². The molecule has 0 radical (unpaired) electrons. The lowest BCUT2D eigenvalue weighted by molar-refractivity contribution is -0.145. The summed E-state index contributed by atoms with van der Waals surface area (Å²) >= 11 is 8.21. The van der Waals surface area contributed by atoms with Crippen molar-refractivity contribution in [1.29, 1.82) is 0 Å². The third-order valence-corrected chi connectivity index (χ3v) is 6.91. The van der Waals surface area contributed by atoms with Crippen LogP contribution in [0.5, 0.6) is 0 Å². The van der Waals surface area contributed by atoms with Gasteiger partial charge < -0.3 is 15.5 Å². The van der Waals surface area contributed by atoms with Crippen LogP contribution in [0.1, 0.15) is 26.0 Å². The number of oxime groups is 1. The molecule has 2 atom stereocenters. The summed E-state index contributed by atoms with van der Waals surface area (Å²) in [5.74, 6) is -0.510. The van der Waals surface area contributed by atoms with E-state index >= 15 is 0 Å². The number of alkyl halides is 1. The average molecular weight is 458 g/mol. The highest BCUT2D eigenvalue weighted by Gasteiger charge is 2.51. The fourth-order valence-electron chi connectivity index (χ4n) is 3.04. The molecule has 2 aliphatic rings. The van der Waals surface area contributed by atoms with Crippen LogP contribution in [0.3, 0.4) is 0 Å². The molecule has 0 aliphatic carbocycles. The van der Waals surface area contributed by atoms with E-state index in [1.54, 1.807) is 22.0 Å². The molecule has 1 saturated heterocycles. The molecule has 0 spiro atoms. The fraction of sp³-hybridized carbons (Fsp3) is 0.471. The molecule has 1 fully saturated rings. The molecule has 12 heteroatoms. The normalized spacial score (nSPS) is 21.4. The Labute approximate surface area is 180 Å². The first kappa shape index (κ1) is 21.6. The van der Waals surface area contributed by atoms with Gasteiger partial charge in [-0.2, -0.15) is 0 Å².